The van der Waals surface area contributed by atoms with Gasteiger partial charge in [-0.1, -0.05) is 68.5 Å². The Hall–Kier alpha value is -2.28. The van der Waals surface area contributed by atoms with Gasteiger partial charge in [-0.25, -0.2) is 0 Å². The molecule has 1 aliphatic carbocycles. The monoisotopic (exact) mass is 290 g/mol. The summed E-state index contributed by atoms with van der Waals surface area (Å²) in [4.78, 5) is 0. The minimum Gasteiger partial charge on any atom is -0.508 e. The van der Waals surface area contributed by atoms with Gasteiger partial charge in [0, 0.05) is 5.41 Å². The number of phenolic OH excluding ortho intramolecular Hbond substituents is 1. The molecular weight excluding hydrogens is 268 g/mol. The quantitative estimate of drug-likeness (QED) is 0.818. The van der Waals surface area contributed by atoms with E-state index >= 15 is 0 Å². The van der Waals surface area contributed by atoms with Crippen molar-refractivity contribution in [3.05, 3.63) is 82.9 Å². The number of hydrogen-bond donors (Lipinski definition) is 1. The molecule has 0 radical (unpaired) electrons. The summed E-state index contributed by atoms with van der Waals surface area (Å²) in [5.41, 5.74) is 5.44. The number of rotatable bonds is 3. The van der Waals surface area contributed by atoms with Crippen LogP contribution in [-0.2, 0) is 11.8 Å². The molecule has 1 N–H and O–H groups in total. The van der Waals surface area contributed by atoms with E-state index in [1.807, 2.05) is 12.1 Å². The van der Waals surface area contributed by atoms with Gasteiger partial charge in [-0.05, 0) is 47.2 Å². The van der Waals surface area contributed by atoms with Gasteiger partial charge in [0.15, 0.2) is 0 Å². The molecule has 0 saturated heterocycles. The van der Waals surface area contributed by atoms with Crippen molar-refractivity contribution in [3.8, 4) is 5.75 Å². The van der Waals surface area contributed by atoms with Gasteiger partial charge in [0.25, 0.3) is 0 Å². The number of hydrogen-bond acceptors (Lipinski definition) is 1. The molecule has 112 valence electrons. The van der Waals surface area contributed by atoms with Crippen molar-refractivity contribution >= 4 is 6.08 Å². The zero-order valence-electron chi connectivity index (χ0n) is 13.2. The molecule has 1 atom stereocenters. The lowest BCUT2D eigenvalue weighted by molar-refractivity contribution is 0.475. The van der Waals surface area contributed by atoms with E-state index < -0.39 is 0 Å². The number of phenols is 1. The van der Waals surface area contributed by atoms with Crippen molar-refractivity contribution in [2.24, 2.45) is 0 Å². The Morgan fingerprint density at radius 3 is 2.50 bits per heavy atom. The Balaban J connectivity index is 1.94. The second-order valence-corrected chi connectivity index (χ2v) is 6.13. The molecule has 1 nitrogen and oxygen atoms in total. The largest absolute Gasteiger partial charge is 0.508 e. The molecule has 2 aromatic rings. The summed E-state index contributed by atoms with van der Waals surface area (Å²) < 4.78 is 0. The number of benzene rings is 2. The molecule has 2 aromatic carbocycles. The highest BCUT2D eigenvalue weighted by Crippen LogP contribution is 2.41. The van der Waals surface area contributed by atoms with Crippen LogP contribution in [0, 0.1) is 0 Å². The van der Waals surface area contributed by atoms with Gasteiger partial charge in [0.1, 0.15) is 5.75 Å². The molecule has 0 aromatic heterocycles. The Morgan fingerprint density at radius 1 is 1.05 bits per heavy atom. The fourth-order valence-corrected chi connectivity index (χ4v) is 3.26. The third-order valence-electron chi connectivity index (χ3n) is 4.85. The highest BCUT2D eigenvalue weighted by molar-refractivity contribution is 5.58. The number of aromatic hydroxyl groups is 1. The lowest BCUT2D eigenvalue weighted by Gasteiger charge is -2.36. The van der Waals surface area contributed by atoms with E-state index in [0.717, 1.165) is 18.4 Å². The SMILES string of the molecule is CCC1(C)C(/C=C/c2ccc(O)cc2)=CCc2ccccc21. The standard InChI is InChI=1S/C21H22O/c1-3-21(2)18(12-8-16-9-14-19(22)15-10-16)13-11-17-6-4-5-7-20(17)21/h4-10,12-15,22H,3,11H2,1-2H3/b12-8+. The zero-order valence-corrected chi connectivity index (χ0v) is 13.2. The molecule has 0 bridgehead atoms. The molecule has 1 aliphatic rings. The van der Waals surface area contributed by atoms with Gasteiger partial charge in [0.05, 0.1) is 0 Å². The molecule has 0 aliphatic heterocycles. The van der Waals surface area contributed by atoms with Crippen molar-refractivity contribution in [1.29, 1.82) is 0 Å². The van der Waals surface area contributed by atoms with Crippen LogP contribution in [0.3, 0.4) is 0 Å². The highest BCUT2D eigenvalue weighted by atomic mass is 16.3. The average molecular weight is 290 g/mol. The summed E-state index contributed by atoms with van der Waals surface area (Å²) in [7, 11) is 0. The van der Waals surface area contributed by atoms with E-state index in [9.17, 15) is 5.11 Å². The van der Waals surface area contributed by atoms with Crippen LogP contribution in [-0.4, -0.2) is 5.11 Å². The Bertz CT molecular complexity index is 722. The first kappa shape index (κ1) is 14.6. The van der Waals surface area contributed by atoms with Crippen molar-refractivity contribution in [2.75, 3.05) is 0 Å². The van der Waals surface area contributed by atoms with Gasteiger partial charge in [-0.3, -0.25) is 0 Å². The van der Waals surface area contributed by atoms with Crippen LogP contribution in [0.5, 0.6) is 5.75 Å². The van der Waals surface area contributed by atoms with E-state index in [1.165, 1.54) is 16.7 Å². The van der Waals surface area contributed by atoms with Gasteiger partial charge >= 0.3 is 0 Å². The third-order valence-corrected chi connectivity index (χ3v) is 4.85. The van der Waals surface area contributed by atoms with Crippen LogP contribution < -0.4 is 0 Å². The van der Waals surface area contributed by atoms with Gasteiger partial charge < -0.3 is 5.11 Å². The smallest absolute Gasteiger partial charge is 0.115 e. The van der Waals surface area contributed by atoms with E-state index in [2.05, 4.69) is 56.3 Å². The molecule has 0 heterocycles. The summed E-state index contributed by atoms with van der Waals surface area (Å²) in [6.07, 6.45) is 8.79. The molecule has 0 spiro atoms. The number of fused-ring (bicyclic) bond motifs is 1. The molecule has 0 amide bonds. The molecule has 1 unspecified atom stereocenters. The summed E-state index contributed by atoms with van der Waals surface area (Å²) in [5.74, 6) is 0.307. The lowest BCUT2D eigenvalue weighted by atomic mass is 9.68. The summed E-state index contributed by atoms with van der Waals surface area (Å²) in [6.45, 7) is 4.59. The maximum absolute atomic E-state index is 9.37. The number of allylic oxidation sites excluding steroid dienone is 3. The van der Waals surface area contributed by atoms with Crippen molar-refractivity contribution in [1.82, 2.24) is 0 Å². The Kier molecular flexibility index (Phi) is 3.89. The Labute approximate surface area is 132 Å². The van der Waals surface area contributed by atoms with Gasteiger partial charge in [0.2, 0.25) is 0 Å². The van der Waals surface area contributed by atoms with E-state index in [4.69, 9.17) is 0 Å². The predicted octanol–water partition coefficient (Wildman–Crippen LogP) is 5.26. The van der Waals surface area contributed by atoms with E-state index in [-0.39, 0.29) is 5.41 Å². The molecule has 22 heavy (non-hydrogen) atoms. The minimum atomic E-state index is 0.0717. The first-order chi connectivity index (χ1) is 10.6. The van der Waals surface area contributed by atoms with Crippen molar-refractivity contribution in [2.45, 2.75) is 32.1 Å². The summed E-state index contributed by atoms with van der Waals surface area (Å²) in [5, 5.41) is 9.37. The fourth-order valence-electron chi connectivity index (χ4n) is 3.26. The highest BCUT2D eigenvalue weighted by Gasteiger charge is 2.32. The maximum Gasteiger partial charge on any atom is 0.115 e. The van der Waals surface area contributed by atoms with Gasteiger partial charge in [-0.2, -0.15) is 0 Å². The van der Waals surface area contributed by atoms with Crippen molar-refractivity contribution in [3.63, 3.8) is 0 Å². The predicted molar refractivity (Wildman–Crippen MR) is 93.0 cm³/mol. The van der Waals surface area contributed by atoms with Gasteiger partial charge in [-0.15, -0.1) is 0 Å². The third kappa shape index (κ3) is 2.59. The van der Waals surface area contributed by atoms with Crippen LogP contribution in [0.15, 0.2) is 66.3 Å². The second-order valence-electron chi connectivity index (χ2n) is 6.13. The normalized spacial score (nSPS) is 20.7. The lowest BCUT2D eigenvalue weighted by Crippen LogP contribution is -2.27. The van der Waals surface area contributed by atoms with Crippen LogP contribution in [0.2, 0.25) is 0 Å². The Morgan fingerprint density at radius 2 is 1.77 bits per heavy atom. The summed E-state index contributed by atoms with van der Waals surface area (Å²) >= 11 is 0. The molecule has 1 heteroatoms. The first-order valence-electron chi connectivity index (χ1n) is 7.89. The van der Waals surface area contributed by atoms with Crippen LogP contribution >= 0.6 is 0 Å². The molecular formula is C21H22O. The second kappa shape index (κ2) is 5.84. The first-order valence-corrected chi connectivity index (χ1v) is 7.89. The van der Waals surface area contributed by atoms with Crippen LogP contribution in [0.4, 0.5) is 0 Å². The fraction of sp³-hybridized carbons (Fsp3) is 0.238. The average Bonchev–Trinajstić information content (AvgIpc) is 2.56. The van der Waals surface area contributed by atoms with Crippen LogP contribution in [0.1, 0.15) is 37.0 Å². The molecule has 0 fully saturated rings. The van der Waals surface area contributed by atoms with Crippen LogP contribution in [0.25, 0.3) is 6.08 Å². The zero-order chi connectivity index (χ0) is 15.6. The topological polar surface area (TPSA) is 20.2 Å². The summed E-state index contributed by atoms with van der Waals surface area (Å²) in [6, 6.07) is 16.1. The maximum atomic E-state index is 9.37. The van der Waals surface area contributed by atoms with E-state index in [0.29, 0.717) is 5.75 Å². The minimum absolute atomic E-state index is 0.0717. The van der Waals surface area contributed by atoms with E-state index in [1.54, 1.807) is 12.1 Å². The molecule has 0 saturated carbocycles. The molecule has 3 rings (SSSR count). The van der Waals surface area contributed by atoms with Crippen molar-refractivity contribution < 1.29 is 5.11 Å².